The number of rotatable bonds is 10. The fraction of sp³-hybridized carbons (Fsp3) is 0.923. The van der Waals surface area contributed by atoms with Crippen molar-refractivity contribution in [1.82, 2.24) is 10.6 Å². The maximum Gasteiger partial charge on any atom is 0.221 e. The number of carbonyl (C=O) groups excluding carboxylic acids is 1. The van der Waals surface area contributed by atoms with E-state index < -0.39 is 0 Å². The quantitative estimate of drug-likeness (QED) is 0.573. The molecule has 0 aliphatic carbocycles. The Kier molecular flexibility index (Phi) is 10.2. The standard InChI is InChI=1S/C13H28N2O2/c1-5-14-12(4)10-13(16)15-7-9-17-8-6-11(2)3/h11-12,14H,5-10H2,1-4H3,(H,15,16). The zero-order valence-electron chi connectivity index (χ0n) is 11.7. The van der Waals surface area contributed by atoms with E-state index >= 15 is 0 Å². The summed E-state index contributed by atoms with van der Waals surface area (Å²) in [6.45, 7) is 11.3. The molecule has 1 unspecified atom stereocenters. The lowest BCUT2D eigenvalue weighted by Gasteiger charge is -2.12. The Labute approximate surface area is 105 Å². The van der Waals surface area contributed by atoms with E-state index in [2.05, 4.69) is 24.5 Å². The summed E-state index contributed by atoms with van der Waals surface area (Å²) in [5, 5.41) is 6.06. The van der Waals surface area contributed by atoms with Gasteiger partial charge in [-0.05, 0) is 25.8 Å². The molecule has 0 fully saturated rings. The third-order valence-electron chi connectivity index (χ3n) is 2.45. The Hall–Kier alpha value is -0.610. The van der Waals surface area contributed by atoms with Gasteiger partial charge in [0, 0.05) is 25.6 Å². The summed E-state index contributed by atoms with van der Waals surface area (Å²) >= 11 is 0. The van der Waals surface area contributed by atoms with Crippen molar-refractivity contribution in [3.63, 3.8) is 0 Å². The van der Waals surface area contributed by atoms with Gasteiger partial charge in [0.25, 0.3) is 0 Å². The van der Waals surface area contributed by atoms with Gasteiger partial charge >= 0.3 is 0 Å². The zero-order valence-corrected chi connectivity index (χ0v) is 11.7. The summed E-state index contributed by atoms with van der Waals surface area (Å²) < 4.78 is 5.42. The van der Waals surface area contributed by atoms with E-state index in [1.165, 1.54) is 0 Å². The summed E-state index contributed by atoms with van der Waals surface area (Å²) in [7, 11) is 0. The van der Waals surface area contributed by atoms with Gasteiger partial charge in [0.2, 0.25) is 5.91 Å². The highest BCUT2D eigenvalue weighted by atomic mass is 16.5. The molecule has 0 heterocycles. The van der Waals surface area contributed by atoms with Crippen LogP contribution >= 0.6 is 0 Å². The highest BCUT2D eigenvalue weighted by Gasteiger charge is 2.06. The van der Waals surface area contributed by atoms with Gasteiger partial charge in [0.1, 0.15) is 0 Å². The molecule has 17 heavy (non-hydrogen) atoms. The van der Waals surface area contributed by atoms with Gasteiger partial charge in [0.05, 0.1) is 6.61 Å². The topological polar surface area (TPSA) is 50.4 Å². The highest BCUT2D eigenvalue weighted by molar-refractivity contribution is 5.76. The molecule has 102 valence electrons. The van der Waals surface area contributed by atoms with Gasteiger partial charge < -0.3 is 15.4 Å². The zero-order chi connectivity index (χ0) is 13.1. The lowest BCUT2D eigenvalue weighted by Crippen LogP contribution is -2.35. The van der Waals surface area contributed by atoms with Gasteiger partial charge in [0.15, 0.2) is 0 Å². The molecule has 0 aromatic rings. The van der Waals surface area contributed by atoms with Crippen LogP contribution in [0.4, 0.5) is 0 Å². The molecule has 0 aliphatic heterocycles. The smallest absolute Gasteiger partial charge is 0.221 e. The molecule has 0 saturated carbocycles. The number of hydrogen-bond acceptors (Lipinski definition) is 3. The van der Waals surface area contributed by atoms with Crippen LogP contribution in [0, 0.1) is 5.92 Å². The first kappa shape index (κ1) is 16.4. The number of ether oxygens (including phenoxy) is 1. The van der Waals surface area contributed by atoms with Crippen LogP contribution in [-0.4, -0.2) is 38.3 Å². The van der Waals surface area contributed by atoms with Crippen LogP contribution in [0.15, 0.2) is 0 Å². The van der Waals surface area contributed by atoms with Crippen LogP contribution in [0.25, 0.3) is 0 Å². The van der Waals surface area contributed by atoms with Gasteiger partial charge in [-0.1, -0.05) is 20.8 Å². The fourth-order valence-electron chi connectivity index (χ4n) is 1.45. The van der Waals surface area contributed by atoms with E-state index in [0.717, 1.165) is 19.6 Å². The molecule has 0 radical (unpaired) electrons. The Balaban J connectivity index is 3.33. The number of amides is 1. The van der Waals surface area contributed by atoms with Crippen LogP contribution in [-0.2, 0) is 9.53 Å². The normalized spacial score (nSPS) is 12.8. The van der Waals surface area contributed by atoms with Gasteiger partial charge in [-0.2, -0.15) is 0 Å². The first-order valence-electron chi connectivity index (χ1n) is 6.64. The minimum Gasteiger partial charge on any atom is -0.380 e. The predicted octanol–water partition coefficient (Wildman–Crippen LogP) is 1.55. The van der Waals surface area contributed by atoms with E-state index in [4.69, 9.17) is 4.74 Å². The van der Waals surface area contributed by atoms with Crippen molar-refractivity contribution < 1.29 is 9.53 Å². The second-order valence-corrected chi connectivity index (χ2v) is 4.81. The predicted molar refractivity (Wildman–Crippen MR) is 71.0 cm³/mol. The molecule has 0 rings (SSSR count). The van der Waals surface area contributed by atoms with E-state index in [1.807, 2.05) is 13.8 Å². The average Bonchev–Trinajstić information content (AvgIpc) is 2.23. The first-order chi connectivity index (χ1) is 8.06. The molecule has 0 saturated heterocycles. The SMILES string of the molecule is CCNC(C)CC(=O)NCCOCCC(C)C. The molecule has 1 atom stereocenters. The molecule has 0 aromatic heterocycles. The van der Waals surface area contributed by atoms with Crippen LogP contribution in [0.5, 0.6) is 0 Å². The van der Waals surface area contributed by atoms with Crippen molar-refractivity contribution in [3.05, 3.63) is 0 Å². The van der Waals surface area contributed by atoms with Crippen molar-refractivity contribution in [1.29, 1.82) is 0 Å². The van der Waals surface area contributed by atoms with Crippen LogP contribution in [0.3, 0.4) is 0 Å². The molecule has 0 aromatic carbocycles. The van der Waals surface area contributed by atoms with Crippen molar-refractivity contribution in [2.75, 3.05) is 26.3 Å². The average molecular weight is 244 g/mol. The first-order valence-corrected chi connectivity index (χ1v) is 6.64. The second-order valence-electron chi connectivity index (χ2n) is 4.81. The van der Waals surface area contributed by atoms with Gasteiger partial charge in [-0.25, -0.2) is 0 Å². The molecule has 0 spiro atoms. The third-order valence-corrected chi connectivity index (χ3v) is 2.45. The number of hydrogen-bond donors (Lipinski definition) is 2. The molecule has 4 nitrogen and oxygen atoms in total. The fourth-order valence-corrected chi connectivity index (χ4v) is 1.45. The van der Waals surface area contributed by atoms with Crippen molar-refractivity contribution in [2.24, 2.45) is 5.92 Å². The molecule has 1 amide bonds. The summed E-state index contributed by atoms with van der Waals surface area (Å²) in [5.41, 5.74) is 0. The summed E-state index contributed by atoms with van der Waals surface area (Å²) in [6.07, 6.45) is 1.60. The largest absolute Gasteiger partial charge is 0.380 e. The second kappa shape index (κ2) is 10.5. The molecule has 4 heteroatoms. The monoisotopic (exact) mass is 244 g/mol. The van der Waals surface area contributed by atoms with Gasteiger partial charge in [-0.15, -0.1) is 0 Å². The Morgan fingerprint density at radius 1 is 1.24 bits per heavy atom. The summed E-state index contributed by atoms with van der Waals surface area (Å²) in [6, 6.07) is 0.238. The van der Waals surface area contributed by atoms with Crippen molar-refractivity contribution >= 4 is 5.91 Å². The molecule has 2 N–H and O–H groups in total. The maximum atomic E-state index is 11.5. The minimum absolute atomic E-state index is 0.0888. The summed E-state index contributed by atoms with van der Waals surface area (Å²) in [5.74, 6) is 0.761. The molecular weight excluding hydrogens is 216 g/mol. The van der Waals surface area contributed by atoms with E-state index in [1.54, 1.807) is 0 Å². The van der Waals surface area contributed by atoms with Crippen LogP contribution in [0.1, 0.15) is 40.5 Å². The summed E-state index contributed by atoms with van der Waals surface area (Å²) in [4.78, 5) is 11.5. The maximum absolute atomic E-state index is 11.5. The van der Waals surface area contributed by atoms with Gasteiger partial charge in [-0.3, -0.25) is 4.79 Å². The molecule has 0 aliphatic rings. The Morgan fingerprint density at radius 3 is 2.53 bits per heavy atom. The van der Waals surface area contributed by atoms with E-state index in [0.29, 0.717) is 25.5 Å². The Bertz CT molecular complexity index is 196. The molecular formula is C13H28N2O2. The molecule has 0 bridgehead atoms. The minimum atomic E-state index is 0.0888. The number of nitrogens with one attached hydrogen (secondary N) is 2. The van der Waals surface area contributed by atoms with Crippen molar-refractivity contribution in [3.8, 4) is 0 Å². The van der Waals surface area contributed by atoms with E-state index in [9.17, 15) is 4.79 Å². The van der Waals surface area contributed by atoms with Crippen LogP contribution < -0.4 is 10.6 Å². The Morgan fingerprint density at radius 2 is 1.94 bits per heavy atom. The third kappa shape index (κ3) is 11.6. The van der Waals surface area contributed by atoms with Crippen molar-refractivity contribution in [2.45, 2.75) is 46.6 Å². The lowest BCUT2D eigenvalue weighted by atomic mass is 10.1. The lowest BCUT2D eigenvalue weighted by molar-refractivity contribution is -0.121. The van der Waals surface area contributed by atoms with Crippen LogP contribution in [0.2, 0.25) is 0 Å². The number of carbonyl (C=O) groups is 1. The van der Waals surface area contributed by atoms with E-state index in [-0.39, 0.29) is 11.9 Å². The highest BCUT2D eigenvalue weighted by Crippen LogP contribution is 1.98.